The van der Waals surface area contributed by atoms with Crippen LogP contribution in [0.4, 0.5) is 0 Å². The number of rotatable bonds is 18. The summed E-state index contributed by atoms with van der Waals surface area (Å²) in [7, 11) is 0. The molecule has 0 spiro atoms. The van der Waals surface area contributed by atoms with Crippen molar-refractivity contribution in [3.63, 3.8) is 0 Å². The number of hydrogen-bond acceptors (Lipinski definition) is 9. The minimum atomic E-state index is -0.480. The fraction of sp³-hybridized carbons (Fsp3) is 0.412. The lowest BCUT2D eigenvalue weighted by Gasteiger charge is -2.33. The van der Waals surface area contributed by atoms with Gasteiger partial charge in [-0.15, -0.1) is 0 Å². The first-order valence-corrected chi connectivity index (χ1v) is 24.0. The number of H-pyrrole nitrogens is 3. The lowest BCUT2D eigenvalue weighted by atomic mass is 10.1. The number of para-hydroxylation sites is 3. The maximum Gasteiger partial charge on any atom is 0.242 e. The topological polar surface area (TPSA) is 247 Å². The fourth-order valence-corrected chi connectivity index (χ4v) is 8.96. The van der Waals surface area contributed by atoms with E-state index in [0.29, 0.717) is 38.5 Å². The highest BCUT2D eigenvalue weighted by molar-refractivity contribution is 5.94. The third-order valence-electron chi connectivity index (χ3n) is 12.9. The fourth-order valence-electron chi connectivity index (χ4n) is 8.96. The molecule has 0 aliphatic carbocycles. The molecule has 69 heavy (non-hydrogen) atoms. The normalized spacial score (nSPS) is 15.7. The second kappa shape index (κ2) is 24.3. The quantitative estimate of drug-likeness (QED) is 0.0739. The van der Waals surface area contributed by atoms with Crippen molar-refractivity contribution in [2.24, 2.45) is 17.2 Å². The van der Waals surface area contributed by atoms with Gasteiger partial charge < -0.3 is 61.6 Å². The molecule has 0 unspecified atom stereocenters. The molecule has 0 saturated carbocycles. The molecule has 3 aromatic carbocycles. The molecule has 1 fully saturated rings. The van der Waals surface area contributed by atoms with Gasteiger partial charge in [0.15, 0.2) is 0 Å². The molecule has 7 rings (SSSR count). The van der Waals surface area contributed by atoms with E-state index in [0.717, 1.165) is 49.4 Å². The van der Waals surface area contributed by atoms with Crippen molar-refractivity contribution >= 4 is 68.2 Å². The van der Waals surface area contributed by atoms with Crippen molar-refractivity contribution in [1.82, 2.24) is 44.4 Å². The number of nitrogens with two attached hydrogens (primary N) is 3. The molecule has 3 aromatic heterocycles. The van der Waals surface area contributed by atoms with E-state index in [4.69, 9.17) is 17.2 Å². The van der Waals surface area contributed by atoms with Crippen molar-refractivity contribution in [1.29, 1.82) is 0 Å². The number of carbonyl (C=O) groups excluding carboxylic acids is 6. The summed E-state index contributed by atoms with van der Waals surface area (Å²) >= 11 is 0. The molecule has 6 amide bonds. The zero-order chi connectivity index (χ0) is 48.7. The van der Waals surface area contributed by atoms with E-state index >= 15 is 0 Å². The number of hydrogen-bond donors (Lipinski definition) is 6. The van der Waals surface area contributed by atoms with Crippen LogP contribution < -0.4 is 17.2 Å². The van der Waals surface area contributed by atoms with Gasteiger partial charge in [-0.05, 0) is 93.0 Å². The van der Waals surface area contributed by atoms with Gasteiger partial charge in [-0.25, -0.2) is 0 Å². The van der Waals surface area contributed by atoms with Crippen molar-refractivity contribution in [3.8, 4) is 0 Å². The van der Waals surface area contributed by atoms with Crippen LogP contribution in [0.25, 0.3) is 32.7 Å². The van der Waals surface area contributed by atoms with Crippen LogP contribution in [0.15, 0.2) is 91.4 Å². The smallest absolute Gasteiger partial charge is 0.242 e. The van der Waals surface area contributed by atoms with Crippen LogP contribution in [0.2, 0.25) is 0 Å². The van der Waals surface area contributed by atoms with E-state index in [9.17, 15) is 28.8 Å². The molecule has 0 bridgehead atoms. The Labute approximate surface area is 402 Å². The van der Waals surface area contributed by atoms with Gasteiger partial charge in [0, 0.05) is 90.6 Å². The summed E-state index contributed by atoms with van der Waals surface area (Å²) in [6, 6.07) is 23.4. The van der Waals surface area contributed by atoms with Crippen LogP contribution in [0.5, 0.6) is 0 Å². The molecule has 0 atom stereocenters. The number of amides is 6. The van der Waals surface area contributed by atoms with Gasteiger partial charge in [-0.2, -0.15) is 0 Å². The van der Waals surface area contributed by atoms with Gasteiger partial charge >= 0.3 is 0 Å². The molecule has 366 valence electrons. The Balaban J connectivity index is 1.24. The maximum absolute atomic E-state index is 14.6. The second-order valence-corrected chi connectivity index (χ2v) is 17.6. The minimum Gasteiger partial charge on any atom is -0.361 e. The highest BCUT2D eigenvalue weighted by atomic mass is 16.2. The number of benzene rings is 3. The standard InChI is InChI=1S/C51H66N12O6/c52-19-7-22-58-31-49(67)61(25-16-37-28-55-43-13-4-1-10-40(37)43)34-46(64)59(23-8-20-53)32-50(68)63(27-18-39-30-57-45-15-6-3-12-42(39)45)36-48(66)60(24-9-21-54)33-51(69)62(35-47(58)65)26-17-38-29-56-44-14-5-2-11-41(38)44/h1-6,10-15,28-30,55-57H,7-9,16-27,31-36,52-54H2. The van der Waals surface area contributed by atoms with E-state index in [1.54, 1.807) is 0 Å². The second-order valence-electron chi connectivity index (χ2n) is 17.6. The molecule has 0 radical (unpaired) electrons. The maximum atomic E-state index is 14.6. The van der Waals surface area contributed by atoms with Crippen molar-refractivity contribution in [2.45, 2.75) is 38.5 Å². The molecule has 6 aromatic rings. The Morgan fingerprint density at radius 2 is 0.580 bits per heavy atom. The van der Waals surface area contributed by atoms with Gasteiger partial charge in [0.2, 0.25) is 35.4 Å². The monoisotopic (exact) mass is 943 g/mol. The summed E-state index contributed by atoms with van der Waals surface area (Å²) < 4.78 is 0. The molecule has 1 saturated heterocycles. The van der Waals surface area contributed by atoms with Gasteiger partial charge in [0.1, 0.15) is 0 Å². The lowest BCUT2D eigenvalue weighted by Crippen LogP contribution is -2.54. The van der Waals surface area contributed by atoms with Crippen LogP contribution in [0.3, 0.4) is 0 Å². The first kappa shape index (κ1) is 49.9. The average Bonchev–Trinajstić information content (AvgIpc) is 4.10. The zero-order valence-corrected chi connectivity index (χ0v) is 39.4. The molecule has 18 nitrogen and oxygen atoms in total. The van der Waals surface area contributed by atoms with Crippen LogP contribution in [0.1, 0.15) is 36.0 Å². The Morgan fingerprint density at radius 3 is 0.826 bits per heavy atom. The number of carbonyl (C=O) groups is 6. The van der Waals surface area contributed by atoms with E-state index in [1.165, 1.54) is 29.4 Å². The molecule has 4 heterocycles. The average molecular weight is 943 g/mol. The number of fused-ring (bicyclic) bond motifs is 3. The molecular formula is C51H66N12O6. The van der Waals surface area contributed by atoms with Crippen molar-refractivity contribution < 1.29 is 28.8 Å². The summed E-state index contributed by atoms with van der Waals surface area (Å²) in [5.74, 6) is -2.87. The van der Waals surface area contributed by atoms with E-state index < -0.39 is 35.4 Å². The predicted molar refractivity (Wildman–Crippen MR) is 267 cm³/mol. The van der Waals surface area contributed by atoms with Crippen molar-refractivity contribution in [3.05, 3.63) is 108 Å². The number of aromatic amines is 3. The summed E-state index contributed by atoms with van der Waals surface area (Å²) in [5, 5.41) is 2.94. The van der Waals surface area contributed by atoms with Gasteiger partial charge in [0.05, 0.1) is 39.3 Å². The van der Waals surface area contributed by atoms with E-state index in [-0.39, 0.29) is 98.2 Å². The van der Waals surface area contributed by atoms with Gasteiger partial charge in [0.25, 0.3) is 0 Å². The summed E-state index contributed by atoms with van der Waals surface area (Å²) in [6.45, 7) is -0.792. The Morgan fingerprint density at radius 1 is 0.348 bits per heavy atom. The summed E-state index contributed by atoms with van der Waals surface area (Å²) in [6.07, 6.45) is 7.96. The molecular weight excluding hydrogens is 877 g/mol. The SMILES string of the molecule is NCCCN1CC(=O)N(CCc2c[nH]c3ccccc23)CC(=O)N(CCCN)CC(=O)N(CCc2c[nH]c3ccccc23)CC(=O)N(CCCN)CC(=O)N(CCc2c[nH]c3ccccc23)CC1=O. The number of nitrogens with one attached hydrogen (secondary N) is 3. The van der Waals surface area contributed by atoms with Gasteiger partial charge in [-0.3, -0.25) is 28.8 Å². The van der Waals surface area contributed by atoms with Crippen LogP contribution >= 0.6 is 0 Å². The summed E-state index contributed by atoms with van der Waals surface area (Å²) in [5.41, 5.74) is 23.5. The number of aromatic nitrogens is 3. The van der Waals surface area contributed by atoms with Crippen LogP contribution in [0, 0.1) is 0 Å². The Hall–Kier alpha value is -7.02. The van der Waals surface area contributed by atoms with Crippen molar-refractivity contribution in [2.75, 3.05) is 98.2 Å². The number of nitrogens with zero attached hydrogens (tertiary/aromatic N) is 6. The molecule has 1 aliphatic heterocycles. The zero-order valence-electron chi connectivity index (χ0n) is 39.4. The third kappa shape index (κ3) is 13.0. The first-order valence-electron chi connectivity index (χ1n) is 24.0. The minimum absolute atomic E-state index is 0.127. The molecule has 9 N–H and O–H groups in total. The van der Waals surface area contributed by atoms with E-state index in [2.05, 4.69) is 15.0 Å². The van der Waals surface area contributed by atoms with Crippen LogP contribution in [-0.2, 0) is 48.0 Å². The Bertz CT molecular complexity index is 2420. The highest BCUT2D eigenvalue weighted by Gasteiger charge is 2.31. The van der Waals surface area contributed by atoms with E-state index in [1.807, 2.05) is 91.4 Å². The Kier molecular flexibility index (Phi) is 17.6. The highest BCUT2D eigenvalue weighted by Crippen LogP contribution is 2.22. The first-order chi connectivity index (χ1) is 33.6. The molecule has 18 heteroatoms. The summed E-state index contributed by atoms with van der Waals surface area (Å²) in [4.78, 5) is 106. The van der Waals surface area contributed by atoms with Crippen LogP contribution in [-0.4, -0.2) is 178 Å². The predicted octanol–water partition coefficient (Wildman–Crippen LogP) is 2.19. The largest absolute Gasteiger partial charge is 0.361 e. The van der Waals surface area contributed by atoms with Gasteiger partial charge in [-0.1, -0.05) is 54.6 Å². The lowest BCUT2D eigenvalue weighted by molar-refractivity contribution is -0.150. The molecule has 1 aliphatic rings. The third-order valence-corrected chi connectivity index (χ3v) is 12.9.